The van der Waals surface area contributed by atoms with Crippen LogP contribution in [0.1, 0.15) is 27.7 Å². The Balaban J connectivity index is 2.81. The van der Waals surface area contributed by atoms with E-state index in [0.717, 1.165) is 5.75 Å². The van der Waals surface area contributed by atoms with Gasteiger partial charge in [-0.25, -0.2) is 0 Å². The number of hydrogen-bond donors (Lipinski definition) is 1. The molecular weight excluding hydrogens is 166 g/mol. The first kappa shape index (κ1) is 10.1. The topological polar surface area (TPSA) is 12.0 Å². The molecule has 0 atom stereocenters. The van der Waals surface area contributed by atoms with Gasteiger partial charge in [0, 0.05) is 16.8 Å². The van der Waals surface area contributed by atoms with E-state index in [1.54, 1.807) is 0 Å². The van der Waals surface area contributed by atoms with Crippen molar-refractivity contribution in [1.82, 2.24) is 5.32 Å². The van der Waals surface area contributed by atoms with Crippen molar-refractivity contribution in [3.63, 3.8) is 0 Å². The fourth-order valence-electron chi connectivity index (χ4n) is 1.92. The Kier molecular flexibility index (Phi) is 2.60. The van der Waals surface area contributed by atoms with Crippen molar-refractivity contribution in [3.05, 3.63) is 11.6 Å². The molecule has 1 N–H and O–H groups in total. The SMILES string of the molecule is CSCC1=CC(C)(C)NC1(C)C. The third kappa shape index (κ3) is 2.05. The van der Waals surface area contributed by atoms with E-state index in [1.165, 1.54) is 5.57 Å². The van der Waals surface area contributed by atoms with Crippen LogP contribution in [0.2, 0.25) is 0 Å². The molecule has 0 bridgehead atoms. The monoisotopic (exact) mass is 185 g/mol. The van der Waals surface area contributed by atoms with Crippen LogP contribution in [-0.2, 0) is 0 Å². The van der Waals surface area contributed by atoms with Crippen LogP contribution in [0.5, 0.6) is 0 Å². The van der Waals surface area contributed by atoms with Crippen LogP contribution >= 0.6 is 11.8 Å². The van der Waals surface area contributed by atoms with Crippen molar-refractivity contribution in [2.75, 3.05) is 12.0 Å². The maximum Gasteiger partial charge on any atom is 0.0352 e. The largest absolute Gasteiger partial charge is 0.300 e. The van der Waals surface area contributed by atoms with E-state index >= 15 is 0 Å². The molecule has 1 nitrogen and oxygen atoms in total. The van der Waals surface area contributed by atoms with Crippen molar-refractivity contribution in [2.24, 2.45) is 0 Å². The molecule has 0 saturated carbocycles. The van der Waals surface area contributed by atoms with E-state index in [-0.39, 0.29) is 11.1 Å². The summed E-state index contributed by atoms with van der Waals surface area (Å²) in [4.78, 5) is 0. The minimum atomic E-state index is 0.175. The van der Waals surface area contributed by atoms with Gasteiger partial charge in [0.15, 0.2) is 0 Å². The average Bonchev–Trinajstić information content (AvgIpc) is 2.01. The Morgan fingerprint density at radius 1 is 1.33 bits per heavy atom. The lowest BCUT2D eigenvalue weighted by Crippen LogP contribution is -2.45. The molecule has 0 aromatic heterocycles. The van der Waals surface area contributed by atoms with Crippen LogP contribution in [0.25, 0.3) is 0 Å². The zero-order chi connectivity index (χ0) is 9.41. The van der Waals surface area contributed by atoms with E-state index in [2.05, 4.69) is 45.3 Å². The molecule has 0 amide bonds. The molecule has 0 saturated heterocycles. The van der Waals surface area contributed by atoms with Crippen molar-refractivity contribution in [1.29, 1.82) is 0 Å². The van der Waals surface area contributed by atoms with Gasteiger partial charge in [0.25, 0.3) is 0 Å². The van der Waals surface area contributed by atoms with Crippen molar-refractivity contribution < 1.29 is 0 Å². The van der Waals surface area contributed by atoms with Gasteiger partial charge in [0.1, 0.15) is 0 Å². The van der Waals surface area contributed by atoms with E-state index in [4.69, 9.17) is 0 Å². The Morgan fingerprint density at radius 2 is 1.92 bits per heavy atom. The van der Waals surface area contributed by atoms with Crippen molar-refractivity contribution in [3.8, 4) is 0 Å². The van der Waals surface area contributed by atoms with Crippen LogP contribution < -0.4 is 5.32 Å². The van der Waals surface area contributed by atoms with Gasteiger partial charge >= 0.3 is 0 Å². The van der Waals surface area contributed by atoms with E-state index in [1.807, 2.05) is 11.8 Å². The third-order valence-electron chi connectivity index (χ3n) is 2.27. The summed E-state index contributed by atoms with van der Waals surface area (Å²) in [5, 5.41) is 3.60. The van der Waals surface area contributed by atoms with Gasteiger partial charge in [-0.15, -0.1) is 0 Å². The highest BCUT2D eigenvalue weighted by atomic mass is 32.2. The van der Waals surface area contributed by atoms with E-state index in [9.17, 15) is 0 Å². The zero-order valence-corrected chi connectivity index (χ0v) is 9.51. The second-order valence-corrected chi connectivity index (χ2v) is 5.44. The summed E-state index contributed by atoms with van der Waals surface area (Å²) in [6, 6.07) is 0. The molecule has 1 aliphatic heterocycles. The Labute approximate surface area is 80.0 Å². The summed E-state index contributed by atoms with van der Waals surface area (Å²) >= 11 is 1.89. The van der Waals surface area contributed by atoms with Crippen LogP contribution in [0.15, 0.2) is 11.6 Å². The van der Waals surface area contributed by atoms with Gasteiger partial charge in [-0.2, -0.15) is 11.8 Å². The highest BCUT2D eigenvalue weighted by molar-refractivity contribution is 7.98. The van der Waals surface area contributed by atoms with Crippen LogP contribution in [0, 0.1) is 0 Å². The lowest BCUT2D eigenvalue weighted by atomic mass is 9.99. The van der Waals surface area contributed by atoms with Crippen LogP contribution in [0.4, 0.5) is 0 Å². The molecule has 1 heterocycles. The van der Waals surface area contributed by atoms with Gasteiger partial charge in [-0.1, -0.05) is 6.08 Å². The molecule has 1 rings (SSSR count). The molecule has 0 aromatic rings. The molecule has 0 spiro atoms. The van der Waals surface area contributed by atoms with Gasteiger partial charge in [-0.05, 0) is 39.5 Å². The molecule has 1 aliphatic rings. The molecule has 0 unspecified atom stereocenters. The molecule has 0 radical (unpaired) electrons. The van der Waals surface area contributed by atoms with Crippen LogP contribution in [0.3, 0.4) is 0 Å². The second-order valence-electron chi connectivity index (χ2n) is 4.57. The predicted molar refractivity (Wildman–Crippen MR) is 57.8 cm³/mol. The maximum absolute atomic E-state index is 3.60. The van der Waals surface area contributed by atoms with E-state index < -0.39 is 0 Å². The number of nitrogens with one attached hydrogen (secondary N) is 1. The lowest BCUT2D eigenvalue weighted by molar-refractivity contribution is 0.388. The van der Waals surface area contributed by atoms with E-state index in [0.29, 0.717) is 0 Å². The minimum Gasteiger partial charge on any atom is -0.300 e. The van der Waals surface area contributed by atoms with Gasteiger partial charge in [0.2, 0.25) is 0 Å². The van der Waals surface area contributed by atoms with Gasteiger partial charge in [-0.3, -0.25) is 5.32 Å². The highest BCUT2D eigenvalue weighted by Gasteiger charge is 2.35. The summed E-state index contributed by atoms with van der Waals surface area (Å²) in [6.45, 7) is 8.96. The van der Waals surface area contributed by atoms with Gasteiger partial charge in [0.05, 0.1) is 0 Å². The molecular formula is C10H19NS. The Morgan fingerprint density at radius 3 is 2.25 bits per heavy atom. The second kappa shape index (κ2) is 3.08. The number of hydrogen-bond acceptors (Lipinski definition) is 2. The van der Waals surface area contributed by atoms with Gasteiger partial charge < -0.3 is 0 Å². The summed E-state index contributed by atoms with van der Waals surface area (Å²) in [6.07, 6.45) is 4.52. The fraction of sp³-hybridized carbons (Fsp3) is 0.800. The highest BCUT2D eigenvalue weighted by Crippen LogP contribution is 2.31. The molecule has 2 heteroatoms. The van der Waals surface area contributed by atoms with Crippen molar-refractivity contribution in [2.45, 2.75) is 38.8 Å². The number of thioether (sulfide) groups is 1. The molecule has 0 fully saturated rings. The summed E-state index contributed by atoms with van der Waals surface area (Å²) in [5.74, 6) is 1.14. The standard InChI is InChI=1S/C10H19NS/c1-9(2)6-8(7-12-5)10(3,4)11-9/h6,11H,7H2,1-5H3. The molecule has 0 aromatic carbocycles. The Hall–Kier alpha value is 0.0500. The first-order chi connectivity index (χ1) is 5.37. The normalized spacial score (nSPS) is 25.6. The summed E-state index contributed by atoms with van der Waals surface area (Å²) in [5.41, 5.74) is 1.89. The number of rotatable bonds is 2. The van der Waals surface area contributed by atoms with Crippen molar-refractivity contribution >= 4 is 11.8 Å². The fourth-order valence-corrected chi connectivity index (χ4v) is 2.67. The molecule has 12 heavy (non-hydrogen) atoms. The first-order valence-corrected chi connectivity index (χ1v) is 5.77. The summed E-state index contributed by atoms with van der Waals surface area (Å²) < 4.78 is 0. The Bertz CT molecular complexity index is 204. The lowest BCUT2D eigenvalue weighted by Gasteiger charge is -2.28. The quantitative estimate of drug-likeness (QED) is 0.663. The maximum atomic E-state index is 3.60. The predicted octanol–water partition coefficient (Wildman–Crippen LogP) is 2.44. The minimum absolute atomic E-state index is 0.175. The third-order valence-corrected chi connectivity index (χ3v) is 2.87. The summed E-state index contributed by atoms with van der Waals surface area (Å²) in [7, 11) is 0. The molecule has 0 aliphatic carbocycles. The van der Waals surface area contributed by atoms with Crippen LogP contribution in [-0.4, -0.2) is 23.1 Å². The first-order valence-electron chi connectivity index (χ1n) is 4.38. The smallest absolute Gasteiger partial charge is 0.0352 e. The zero-order valence-electron chi connectivity index (χ0n) is 8.69. The molecule has 70 valence electrons. The average molecular weight is 185 g/mol.